The number of oxazole rings is 1. The minimum atomic E-state index is -0.858. The standard InChI is InChI=1S/C28H30N4O4/c1-4-19-7-6-8-20(5-2)27(19)32-28-30-22-11-9-18(14-23(22)36-28)15-25(33)31-24-12-10-21(16-29-24)17(3)13-26(34)35/h6-12,14,16-17H,4-5,13,15H2,1-3H3,(H,30,32)(H,34,35)(H,29,31,33). The van der Waals surface area contributed by atoms with Gasteiger partial charge in [-0.3, -0.25) is 9.59 Å². The Morgan fingerprint density at radius 2 is 1.81 bits per heavy atom. The molecule has 0 aliphatic rings. The van der Waals surface area contributed by atoms with Crippen molar-refractivity contribution in [2.75, 3.05) is 10.6 Å². The lowest BCUT2D eigenvalue weighted by molar-refractivity contribution is -0.137. The van der Waals surface area contributed by atoms with Gasteiger partial charge in [-0.2, -0.15) is 4.98 Å². The van der Waals surface area contributed by atoms with Gasteiger partial charge in [-0.1, -0.05) is 51.1 Å². The van der Waals surface area contributed by atoms with Gasteiger partial charge in [-0.15, -0.1) is 0 Å². The van der Waals surface area contributed by atoms with Crippen molar-refractivity contribution in [3.05, 3.63) is 77.0 Å². The first-order chi connectivity index (χ1) is 17.4. The molecule has 4 rings (SSSR count). The Morgan fingerprint density at radius 1 is 1.06 bits per heavy atom. The van der Waals surface area contributed by atoms with E-state index in [2.05, 4.69) is 52.6 Å². The molecule has 8 nitrogen and oxygen atoms in total. The number of fused-ring (bicyclic) bond motifs is 1. The molecule has 2 heterocycles. The molecule has 1 atom stereocenters. The van der Waals surface area contributed by atoms with Crippen molar-refractivity contribution in [3.8, 4) is 0 Å². The Bertz CT molecular complexity index is 1360. The molecule has 1 unspecified atom stereocenters. The minimum Gasteiger partial charge on any atom is -0.481 e. The Hall–Kier alpha value is -4.20. The molecule has 0 fully saturated rings. The second kappa shape index (κ2) is 11.0. The Balaban J connectivity index is 1.43. The third-order valence-corrected chi connectivity index (χ3v) is 6.15. The van der Waals surface area contributed by atoms with Crippen LogP contribution < -0.4 is 10.6 Å². The summed E-state index contributed by atoms with van der Waals surface area (Å²) in [6.45, 7) is 6.07. The third kappa shape index (κ3) is 5.89. The molecule has 2 aromatic heterocycles. The summed E-state index contributed by atoms with van der Waals surface area (Å²) in [7, 11) is 0. The summed E-state index contributed by atoms with van der Waals surface area (Å²) in [4.78, 5) is 32.3. The van der Waals surface area contributed by atoms with E-state index >= 15 is 0 Å². The summed E-state index contributed by atoms with van der Waals surface area (Å²) < 4.78 is 5.97. The lowest BCUT2D eigenvalue weighted by Crippen LogP contribution is -2.15. The van der Waals surface area contributed by atoms with E-state index in [0.717, 1.165) is 29.7 Å². The van der Waals surface area contributed by atoms with Gasteiger partial charge < -0.3 is 20.2 Å². The smallest absolute Gasteiger partial charge is 0.303 e. The number of pyridine rings is 1. The fourth-order valence-electron chi connectivity index (χ4n) is 4.17. The van der Waals surface area contributed by atoms with Crippen molar-refractivity contribution in [2.45, 2.75) is 52.4 Å². The quantitative estimate of drug-likeness (QED) is 0.257. The van der Waals surface area contributed by atoms with Crippen molar-refractivity contribution in [1.82, 2.24) is 9.97 Å². The number of aromatic nitrogens is 2. The molecule has 36 heavy (non-hydrogen) atoms. The molecule has 4 aromatic rings. The maximum atomic E-state index is 12.6. The lowest BCUT2D eigenvalue weighted by atomic mass is 10.00. The van der Waals surface area contributed by atoms with E-state index in [9.17, 15) is 9.59 Å². The predicted octanol–water partition coefficient (Wildman–Crippen LogP) is 5.85. The number of carbonyl (C=O) groups excluding carboxylic acids is 1. The highest BCUT2D eigenvalue weighted by Gasteiger charge is 2.14. The van der Waals surface area contributed by atoms with Gasteiger partial charge in [0.15, 0.2) is 5.58 Å². The molecule has 1 amide bonds. The molecule has 0 radical (unpaired) electrons. The van der Waals surface area contributed by atoms with Crippen molar-refractivity contribution >= 4 is 40.5 Å². The molecule has 0 aliphatic heterocycles. The zero-order valence-corrected chi connectivity index (χ0v) is 20.7. The van der Waals surface area contributed by atoms with Gasteiger partial charge in [0, 0.05) is 11.9 Å². The molecule has 8 heteroatoms. The van der Waals surface area contributed by atoms with Gasteiger partial charge in [-0.25, -0.2) is 4.98 Å². The van der Waals surface area contributed by atoms with E-state index in [1.165, 1.54) is 11.1 Å². The van der Waals surface area contributed by atoms with Crippen LogP contribution in [-0.4, -0.2) is 27.0 Å². The van der Waals surface area contributed by atoms with Crippen molar-refractivity contribution < 1.29 is 19.1 Å². The molecule has 0 aliphatic carbocycles. The van der Waals surface area contributed by atoms with Crippen LogP contribution in [0.25, 0.3) is 11.1 Å². The van der Waals surface area contributed by atoms with Crippen LogP contribution in [0.15, 0.2) is 59.1 Å². The first-order valence-corrected chi connectivity index (χ1v) is 12.1. The number of anilines is 3. The maximum absolute atomic E-state index is 12.6. The number of hydrogen-bond donors (Lipinski definition) is 3. The average molecular weight is 487 g/mol. The minimum absolute atomic E-state index is 0.0274. The number of nitrogens with zero attached hydrogens (tertiary/aromatic N) is 2. The topological polar surface area (TPSA) is 117 Å². The zero-order chi connectivity index (χ0) is 25.7. The fourth-order valence-corrected chi connectivity index (χ4v) is 4.17. The van der Waals surface area contributed by atoms with Crippen molar-refractivity contribution in [3.63, 3.8) is 0 Å². The van der Waals surface area contributed by atoms with Gasteiger partial charge in [0.05, 0.1) is 12.8 Å². The highest BCUT2D eigenvalue weighted by molar-refractivity contribution is 5.92. The van der Waals surface area contributed by atoms with E-state index in [4.69, 9.17) is 9.52 Å². The highest BCUT2D eigenvalue weighted by Crippen LogP contribution is 2.29. The Labute approximate surface area is 209 Å². The predicted molar refractivity (Wildman–Crippen MR) is 140 cm³/mol. The zero-order valence-electron chi connectivity index (χ0n) is 20.7. The number of carboxylic acids is 1. The van der Waals surface area contributed by atoms with Crippen LogP contribution in [0, 0.1) is 0 Å². The van der Waals surface area contributed by atoms with Crippen LogP contribution in [0.2, 0.25) is 0 Å². The number of benzene rings is 2. The molecule has 0 saturated heterocycles. The number of para-hydroxylation sites is 1. The van der Waals surface area contributed by atoms with Crippen LogP contribution in [-0.2, 0) is 28.9 Å². The Morgan fingerprint density at radius 3 is 2.44 bits per heavy atom. The fraction of sp³-hybridized carbons (Fsp3) is 0.286. The second-order valence-electron chi connectivity index (χ2n) is 8.81. The van der Waals surface area contributed by atoms with Crippen LogP contribution >= 0.6 is 0 Å². The number of aryl methyl sites for hydroxylation is 2. The number of rotatable bonds is 10. The second-order valence-corrected chi connectivity index (χ2v) is 8.81. The molecule has 3 N–H and O–H groups in total. The molecule has 186 valence electrons. The van der Waals surface area contributed by atoms with E-state index in [0.29, 0.717) is 22.9 Å². The largest absolute Gasteiger partial charge is 0.481 e. The van der Waals surface area contributed by atoms with Gasteiger partial charge in [-0.05, 0) is 59.2 Å². The maximum Gasteiger partial charge on any atom is 0.303 e. The van der Waals surface area contributed by atoms with Crippen molar-refractivity contribution in [2.24, 2.45) is 0 Å². The first-order valence-electron chi connectivity index (χ1n) is 12.1. The van der Waals surface area contributed by atoms with Gasteiger partial charge in [0.25, 0.3) is 6.01 Å². The van der Waals surface area contributed by atoms with E-state index < -0.39 is 5.97 Å². The summed E-state index contributed by atoms with van der Waals surface area (Å²) in [5, 5.41) is 15.1. The monoisotopic (exact) mass is 486 g/mol. The number of nitrogens with one attached hydrogen (secondary N) is 2. The molecule has 0 spiro atoms. The molecular weight excluding hydrogens is 456 g/mol. The van der Waals surface area contributed by atoms with Crippen LogP contribution in [0.5, 0.6) is 0 Å². The van der Waals surface area contributed by atoms with Crippen molar-refractivity contribution in [1.29, 1.82) is 0 Å². The molecule has 0 saturated carbocycles. The van der Waals surface area contributed by atoms with Crippen LogP contribution in [0.1, 0.15) is 55.4 Å². The van der Waals surface area contributed by atoms with Gasteiger partial charge >= 0.3 is 5.97 Å². The lowest BCUT2D eigenvalue weighted by Gasteiger charge is -2.12. The number of aliphatic carboxylic acids is 1. The average Bonchev–Trinajstić information content (AvgIpc) is 3.25. The molecule has 2 aromatic carbocycles. The first kappa shape index (κ1) is 24.9. The molecular formula is C28H30N4O4. The number of amides is 1. The van der Waals surface area contributed by atoms with E-state index in [1.54, 1.807) is 18.3 Å². The number of carbonyl (C=O) groups is 2. The van der Waals surface area contributed by atoms with E-state index in [-0.39, 0.29) is 24.7 Å². The normalized spacial score (nSPS) is 11.9. The number of hydrogen-bond acceptors (Lipinski definition) is 6. The van der Waals surface area contributed by atoms with Crippen LogP contribution in [0.4, 0.5) is 17.5 Å². The van der Waals surface area contributed by atoms with Gasteiger partial charge in [0.1, 0.15) is 11.3 Å². The summed E-state index contributed by atoms with van der Waals surface area (Å²) in [6, 6.07) is 15.7. The molecule has 0 bridgehead atoms. The summed E-state index contributed by atoms with van der Waals surface area (Å²) in [6.07, 6.45) is 3.57. The highest BCUT2D eigenvalue weighted by atomic mass is 16.4. The number of carboxylic acid groups (broad SMARTS) is 1. The Kier molecular flexibility index (Phi) is 7.63. The third-order valence-electron chi connectivity index (χ3n) is 6.15. The SMILES string of the molecule is CCc1cccc(CC)c1Nc1nc2ccc(CC(=O)Nc3ccc(C(C)CC(=O)O)cn3)cc2o1. The van der Waals surface area contributed by atoms with Gasteiger partial charge in [0.2, 0.25) is 5.91 Å². The summed E-state index contributed by atoms with van der Waals surface area (Å²) in [5.74, 6) is -0.810. The summed E-state index contributed by atoms with van der Waals surface area (Å²) >= 11 is 0. The van der Waals surface area contributed by atoms with Crippen LogP contribution in [0.3, 0.4) is 0 Å². The summed E-state index contributed by atoms with van der Waals surface area (Å²) in [5.41, 5.74) is 6.34. The van der Waals surface area contributed by atoms with E-state index in [1.807, 2.05) is 25.1 Å².